The van der Waals surface area contributed by atoms with Crippen molar-refractivity contribution < 1.29 is 4.79 Å². The molecule has 4 aromatic rings. The van der Waals surface area contributed by atoms with E-state index in [-0.39, 0.29) is 5.57 Å². The quantitative estimate of drug-likeness (QED) is 0.259. The van der Waals surface area contributed by atoms with Crippen LogP contribution in [0.3, 0.4) is 0 Å². The molecule has 32 heavy (non-hydrogen) atoms. The molecule has 1 heterocycles. The predicted octanol–water partition coefficient (Wildman–Crippen LogP) is 6.63. The highest BCUT2D eigenvalue weighted by molar-refractivity contribution is 6.42. The monoisotopic (exact) mass is 459 g/mol. The predicted molar refractivity (Wildman–Crippen MR) is 130 cm³/mol. The van der Waals surface area contributed by atoms with Gasteiger partial charge in [0.2, 0.25) is 0 Å². The van der Waals surface area contributed by atoms with Gasteiger partial charge in [-0.2, -0.15) is 5.26 Å². The zero-order chi connectivity index (χ0) is 22.5. The minimum Gasteiger partial charge on any atom is -0.343 e. The molecule has 158 valence electrons. The van der Waals surface area contributed by atoms with E-state index >= 15 is 0 Å². The van der Waals surface area contributed by atoms with Crippen LogP contribution in [0.1, 0.15) is 11.1 Å². The number of fused-ring (bicyclic) bond motifs is 1. The molecule has 0 unspecified atom stereocenters. The van der Waals surface area contributed by atoms with E-state index in [0.717, 1.165) is 22.0 Å². The first-order chi connectivity index (χ1) is 15.5. The lowest BCUT2D eigenvalue weighted by molar-refractivity contribution is -0.112. The molecule has 0 aliphatic heterocycles. The molecule has 4 rings (SSSR count). The number of nitrogens with zero attached hydrogens (tertiary/aromatic N) is 2. The normalized spacial score (nSPS) is 11.3. The number of para-hydroxylation sites is 2. The van der Waals surface area contributed by atoms with Crippen molar-refractivity contribution >= 4 is 45.7 Å². The third-order valence-electron chi connectivity index (χ3n) is 5.13. The van der Waals surface area contributed by atoms with Gasteiger partial charge in [0.25, 0.3) is 5.91 Å². The van der Waals surface area contributed by atoms with Gasteiger partial charge in [0.05, 0.1) is 10.0 Å². The van der Waals surface area contributed by atoms with Crippen molar-refractivity contribution in [3.63, 3.8) is 0 Å². The SMILES string of the molecule is N#C/C(=C\Cc1cn(Cc2ccc(Cl)c(Cl)c2)c2ccccc12)C(=O)Nc1ccccc1. The minimum atomic E-state index is -0.418. The van der Waals surface area contributed by atoms with E-state index in [4.69, 9.17) is 23.2 Å². The van der Waals surface area contributed by atoms with Crippen molar-refractivity contribution in [3.8, 4) is 6.07 Å². The smallest absolute Gasteiger partial charge is 0.265 e. The molecule has 1 amide bonds. The van der Waals surface area contributed by atoms with Crippen molar-refractivity contribution in [2.24, 2.45) is 0 Å². The van der Waals surface area contributed by atoms with Gasteiger partial charge >= 0.3 is 0 Å². The van der Waals surface area contributed by atoms with Crippen molar-refractivity contribution in [2.75, 3.05) is 5.32 Å². The largest absolute Gasteiger partial charge is 0.343 e. The third kappa shape index (κ3) is 4.86. The number of carbonyl (C=O) groups is 1. The fourth-order valence-corrected chi connectivity index (χ4v) is 3.89. The van der Waals surface area contributed by atoms with Crippen molar-refractivity contribution in [1.82, 2.24) is 4.57 Å². The molecule has 0 fully saturated rings. The molecule has 0 bridgehead atoms. The fourth-order valence-electron chi connectivity index (χ4n) is 3.57. The van der Waals surface area contributed by atoms with Gasteiger partial charge in [-0.15, -0.1) is 0 Å². The summed E-state index contributed by atoms with van der Waals surface area (Å²) in [6.45, 7) is 0.626. The van der Waals surface area contributed by atoms with Crippen LogP contribution in [0.2, 0.25) is 10.0 Å². The molecule has 0 saturated heterocycles. The molecule has 6 heteroatoms. The summed E-state index contributed by atoms with van der Waals surface area (Å²) < 4.78 is 2.13. The minimum absolute atomic E-state index is 0.0789. The Morgan fingerprint density at radius 1 is 1.00 bits per heavy atom. The number of amides is 1. The average Bonchev–Trinajstić information content (AvgIpc) is 3.15. The van der Waals surface area contributed by atoms with Crippen LogP contribution >= 0.6 is 23.2 Å². The van der Waals surface area contributed by atoms with Crippen LogP contribution in [0.25, 0.3) is 10.9 Å². The second-order valence-corrected chi connectivity index (χ2v) is 8.12. The summed E-state index contributed by atoms with van der Waals surface area (Å²) >= 11 is 12.2. The maximum atomic E-state index is 12.5. The number of aromatic nitrogens is 1. The molecular weight excluding hydrogens is 441 g/mol. The van der Waals surface area contributed by atoms with E-state index in [9.17, 15) is 10.1 Å². The van der Waals surface area contributed by atoms with Crippen LogP contribution in [-0.2, 0) is 17.8 Å². The number of halogens is 2. The van der Waals surface area contributed by atoms with Crippen LogP contribution in [0.5, 0.6) is 0 Å². The Labute approximate surface area is 196 Å². The number of hydrogen-bond acceptors (Lipinski definition) is 2. The molecule has 0 saturated carbocycles. The van der Waals surface area contributed by atoms with Gasteiger partial charge in [-0.3, -0.25) is 4.79 Å². The zero-order valence-electron chi connectivity index (χ0n) is 17.1. The maximum Gasteiger partial charge on any atom is 0.265 e. The van der Waals surface area contributed by atoms with Crippen molar-refractivity contribution in [3.05, 3.63) is 112 Å². The Morgan fingerprint density at radius 2 is 1.75 bits per heavy atom. The van der Waals surface area contributed by atoms with Gasteiger partial charge in [0.15, 0.2) is 0 Å². The number of rotatable bonds is 6. The first-order valence-electron chi connectivity index (χ1n) is 10.0. The van der Waals surface area contributed by atoms with E-state index in [1.807, 2.05) is 66.9 Å². The summed E-state index contributed by atoms with van der Waals surface area (Å²) in [5, 5.41) is 14.4. The summed E-state index contributed by atoms with van der Waals surface area (Å²) in [4.78, 5) is 12.5. The van der Waals surface area contributed by atoms with Crippen LogP contribution in [0.15, 0.2) is 90.6 Å². The van der Waals surface area contributed by atoms with E-state index in [1.54, 1.807) is 24.3 Å². The van der Waals surface area contributed by atoms with Gasteiger partial charge in [-0.25, -0.2) is 0 Å². The van der Waals surface area contributed by atoms with Crippen molar-refractivity contribution in [1.29, 1.82) is 5.26 Å². The topological polar surface area (TPSA) is 57.8 Å². The van der Waals surface area contributed by atoms with Gasteiger partial charge in [0, 0.05) is 29.3 Å². The number of benzene rings is 3. The first kappa shape index (κ1) is 21.7. The number of carbonyl (C=O) groups excluding carboxylic acids is 1. The van der Waals surface area contributed by atoms with Gasteiger partial charge < -0.3 is 9.88 Å². The summed E-state index contributed by atoms with van der Waals surface area (Å²) in [6.07, 6.45) is 4.18. The third-order valence-corrected chi connectivity index (χ3v) is 5.87. The molecule has 0 radical (unpaired) electrons. The highest BCUT2D eigenvalue weighted by Gasteiger charge is 2.12. The summed E-state index contributed by atoms with van der Waals surface area (Å²) in [7, 11) is 0. The average molecular weight is 460 g/mol. The zero-order valence-corrected chi connectivity index (χ0v) is 18.6. The Kier molecular flexibility index (Phi) is 6.61. The molecule has 0 aliphatic carbocycles. The van der Waals surface area contributed by atoms with Crippen LogP contribution < -0.4 is 5.32 Å². The standard InChI is InChI=1S/C26H19Cl2N3O/c27-23-13-10-18(14-24(23)28)16-31-17-20(22-8-4-5-9-25(22)31)12-11-19(15-29)26(32)30-21-6-2-1-3-7-21/h1-11,13-14,17H,12,16H2,(H,30,32)/b19-11+. The molecule has 0 atom stereocenters. The molecule has 0 aliphatic rings. The highest BCUT2D eigenvalue weighted by atomic mass is 35.5. The number of anilines is 1. The van der Waals surface area contributed by atoms with Crippen LogP contribution in [-0.4, -0.2) is 10.5 Å². The summed E-state index contributed by atoms with van der Waals surface area (Å²) in [5.74, 6) is -0.418. The lowest BCUT2D eigenvalue weighted by Gasteiger charge is -2.07. The van der Waals surface area contributed by atoms with Gasteiger partial charge in [0.1, 0.15) is 11.6 Å². The second-order valence-electron chi connectivity index (χ2n) is 7.30. The summed E-state index contributed by atoms with van der Waals surface area (Å²) in [6, 6.07) is 24.8. The Bertz CT molecular complexity index is 1350. The van der Waals surface area contributed by atoms with Crippen LogP contribution in [0.4, 0.5) is 5.69 Å². The molecule has 1 N–H and O–H groups in total. The molecule has 4 nitrogen and oxygen atoms in total. The van der Waals surface area contributed by atoms with E-state index in [1.165, 1.54) is 0 Å². The number of allylic oxidation sites excluding steroid dienone is 1. The fraction of sp³-hybridized carbons (Fsp3) is 0.0769. The molecular formula is C26H19Cl2N3O. The molecule has 0 spiro atoms. The number of hydrogen-bond donors (Lipinski definition) is 1. The maximum absolute atomic E-state index is 12.5. The Hall–Kier alpha value is -3.52. The number of nitriles is 1. The highest BCUT2D eigenvalue weighted by Crippen LogP contribution is 2.26. The van der Waals surface area contributed by atoms with Gasteiger partial charge in [-0.1, -0.05) is 71.7 Å². The lowest BCUT2D eigenvalue weighted by Crippen LogP contribution is -2.13. The summed E-state index contributed by atoms with van der Waals surface area (Å²) in [5.41, 5.74) is 3.85. The van der Waals surface area contributed by atoms with E-state index in [2.05, 4.69) is 9.88 Å². The Morgan fingerprint density at radius 3 is 2.50 bits per heavy atom. The van der Waals surface area contributed by atoms with Crippen LogP contribution in [0, 0.1) is 11.3 Å². The second kappa shape index (κ2) is 9.74. The van der Waals surface area contributed by atoms with Crippen molar-refractivity contribution in [2.45, 2.75) is 13.0 Å². The number of nitrogens with one attached hydrogen (secondary N) is 1. The van der Waals surface area contributed by atoms with E-state index < -0.39 is 5.91 Å². The Balaban J connectivity index is 1.59. The molecule has 1 aromatic heterocycles. The van der Waals surface area contributed by atoms with Gasteiger partial charge in [-0.05, 0) is 47.9 Å². The molecule has 3 aromatic carbocycles. The first-order valence-corrected chi connectivity index (χ1v) is 10.8. The van der Waals surface area contributed by atoms with E-state index in [0.29, 0.717) is 28.7 Å². The lowest BCUT2D eigenvalue weighted by atomic mass is 10.1.